The third-order valence-electron chi connectivity index (χ3n) is 4.86. The quantitative estimate of drug-likeness (QED) is 0.260. The second-order valence-corrected chi connectivity index (χ2v) is 8.95. The monoisotopic (exact) mass is 461 g/mol. The molecule has 0 aliphatic carbocycles. The summed E-state index contributed by atoms with van der Waals surface area (Å²) in [5, 5.41) is 10.8. The molecule has 0 aliphatic heterocycles. The second kappa shape index (κ2) is 10.2. The summed E-state index contributed by atoms with van der Waals surface area (Å²) in [6.45, 7) is 5.45. The molecule has 0 fully saturated rings. The highest BCUT2D eigenvalue weighted by Crippen LogP contribution is 2.33. The zero-order valence-corrected chi connectivity index (χ0v) is 19.0. The molecular weight excluding hydrogens is 438 g/mol. The lowest BCUT2D eigenvalue weighted by Gasteiger charge is -2.23. The molecule has 3 rings (SSSR count). The summed E-state index contributed by atoms with van der Waals surface area (Å²) in [6.07, 6.45) is -1.50. The van der Waals surface area contributed by atoms with Gasteiger partial charge in [-0.2, -0.15) is 4.31 Å². The zero-order valence-electron chi connectivity index (χ0n) is 18.2. The Kier molecular flexibility index (Phi) is 7.34. The lowest BCUT2D eigenvalue weighted by molar-refractivity contribution is -0.137. The van der Waals surface area contributed by atoms with Gasteiger partial charge in [-0.15, -0.1) is 0 Å². The number of benzene rings is 3. The van der Waals surface area contributed by atoms with E-state index < -0.39 is 22.1 Å². The molecule has 0 heterocycles. The van der Waals surface area contributed by atoms with Crippen LogP contribution in [0.2, 0.25) is 0 Å². The number of hydrogen-bond acceptors (Lipinski definition) is 5. The summed E-state index contributed by atoms with van der Waals surface area (Å²) >= 11 is 0. The number of hydrogen-bond donors (Lipinski definition) is 1. The summed E-state index contributed by atoms with van der Waals surface area (Å²) < 4.78 is 32.8. The van der Waals surface area contributed by atoms with Crippen molar-refractivity contribution in [3.05, 3.63) is 108 Å². The second-order valence-electron chi connectivity index (χ2n) is 7.16. The molecule has 0 saturated carbocycles. The van der Waals surface area contributed by atoms with Crippen LogP contribution in [0, 0.1) is 18.9 Å². The molecule has 1 N–H and O–H groups in total. The van der Waals surface area contributed by atoms with Crippen molar-refractivity contribution in [2.75, 3.05) is 11.4 Å². The highest BCUT2D eigenvalue weighted by molar-refractivity contribution is 7.93. The van der Waals surface area contributed by atoms with E-state index in [9.17, 15) is 18.3 Å². The molecule has 0 bridgehead atoms. The Morgan fingerprint density at radius 1 is 1.00 bits per heavy atom. The van der Waals surface area contributed by atoms with Crippen LogP contribution in [0.15, 0.2) is 95.9 Å². The topological polar surface area (TPSA) is 83.9 Å². The van der Waals surface area contributed by atoms with Gasteiger partial charge in [0.25, 0.3) is 10.0 Å². The van der Waals surface area contributed by atoms with Gasteiger partial charge in [-0.25, -0.2) is 13.2 Å². The van der Waals surface area contributed by atoms with Crippen LogP contribution in [0.25, 0.3) is 0 Å². The van der Waals surface area contributed by atoms with Gasteiger partial charge < -0.3 is 9.84 Å². The minimum atomic E-state index is -4.15. The van der Waals surface area contributed by atoms with Crippen molar-refractivity contribution in [3.8, 4) is 12.0 Å². The first kappa shape index (κ1) is 23.8. The Labute approximate surface area is 193 Å². The summed E-state index contributed by atoms with van der Waals surface area (Å²) in [5.41, 5.74) is 1.53. The van der Waals surface area contributed by atoms with E-state index in [2.05, 4.69) is 23.3 Å². The molecule has 0 saturated heterocycles. The average molecular weight is 462 g/mol. The van der Waals surface area contributed by atoms with Crippen LogP contribution in [0.4, 0.5) is 5.69 Å². The molecule has 33 heavy (non-hydrogen) atoms. The number of para-hydroxylation sites is 1. The number of anilines is 1. The number of methoxy groups -OCH3 is 1. The molecule has 7 heteroatoms. The molecule has 0 radical (unpaired) electrons. The summed E-state index contributed by atoms with van der Waals surface area (Å²) in [7, 11) is -2.97. The van der Waals surface area contributed by atoms with Gasteiger partial charge in [0.2, 0.25) is 0 Å². The molecule has 1 atom stereocenters. The molecule has 3 aromatic rings. The molecule has 0 aliphatic rings. The van der Waals surface area contributed by atoms with Crippen LogP contribution in [-0.4, -0.2) is 26.6 Å². The summed E-state index contributed by atoms with van der Waals surface area (Å²) in [4.78, 5) is 12.0. The molecule has 1 unspecified atom stereocenters. The van der Waals surface area contributed by atoms with Gasteiger partial charge in [-0.05, 0) is 43.2 Å². The number of carbonyl (C=O) groups excluding carboxylic acids is 1. The van der Waals surface area contributed by atoms with E-state index in [-0.39, 0.29) is 21.7 Å². The maximum atomic E-state index is 13.6. The molecule has 0 spiro atoms. The van der Waals surface area contributed by atoms with Crippen molar-refractivity contribution in [2.45, 2.75) is 17.9 Å². The van der Waals surface area contributed by atoms with Gasteiger partial charge in [0, 0.05) is 17.2 Å². The molecule has 6 nitrogen and oxygen atoms in total. The maximum absolute atomic E-state index is 13.6. The average Bonchev–Trinajstić information content (AvgIpc) is 2.83. The van der Waals surface area contributed by atoms with Crippen molar-refractivity contribution in [2.24, 2.45) is 0 Å². The van der Waals surface area contributed by atoms with Gasteiger partial charge in [0.05, 0.1) is 23.3 Å². The Bertz CT molecular complexity index is 1320. The number of aryl methyl sites for hydroxylation is 1. The minimum absolute atomic E-state index is 0.0338. The van der Waals surface area contributed by atoms with Crippen molar-refractivity contribution < 1.29 is 23.1 Å². The van der Waals surface area contributed by atoms with Gasteiger partial charge in [-0.1, -0.05) is 60.7 Å². The maximum Gasteiger partial charge on any atom is 0.336 e. The standard InChI is InChI=1S/C26H23NO5S/c1-19-13-15-22(16-14-19)33(30,31)27(18-17-21-9-5-4-6-10-21)24-12-8-7-11-23(24)25(28)20(2)26(29)32-3/h4-16,25,28H,2H2,1,3H3. The van der Waals surface area contributed by atoms with Crippen molar-refractivity contribution in [1.29, 1.82) is 0 Å². The Hall–Kier alpha value is -3.86. The van der Waals surface area contributed by atoms with Gasteiger partial charge in [0.15, 0.2) is 0 Å². The van der Waals surface area contributed by atoms with E-state index in [4.69, 9.17) is 0 Å². The van der Waals surface area contributed by atoms with Crippen LogP contribution in [-0.2, 0) is 19.6 Å². The molecule has 0 aromatic heterocycles. The number of carbonyl (C=O) groups is 1. The molecule has 168 valence electrons. The van der Waals surface area contributed by atoms with Crippen LogP contribution in [0.1, 0.15) is 22.8 Å². The first-order valence-electron chi connectivity index (χ1n) is 9.98. The Morgan fingerprint density at radius 2 is 1.61 bits per heavy atom. The third kappa shape index (κ3) is 5.32. The van der Waals surface area contributed by atoms with E-state index in [1.807, 2.05) is 13.0 Å². The summed E-state index contributed by atoms with van der Waals surface area (Å²) in [6, 6.07) is 24.3. The largest absolute Gasteiger partial charge is 0.466 e. The third-order valence-corrected chi connectivity index (χ3v) is 6.50. The summed E-state index contributed by atoms with van der Waals surface area (Å²) in [5.74, 6) is 2.06. The van der Waals surface area contributed by atoms with Crippen LogP contribution >= 0.6 is 0 Å². The van der Waals surface area contributed by atoms with Crippen LogP contribution < -0.4 is 4.31 Å². The van der Waals surface area contributed by atoms with Gasteiger partial charge in [0.1, 0.15) is 6.10 Å². The Balaban J connectivity index is 2.19. The number of nitrogens with zero attached hydrogens (tertiary/aromatic N) is 1. The van der Waals surface area contributed by atoms with Crippen molar-refractivity contribution in [3.63, 3.8) is 0 Å². The molecule has 3 aromatic carbocycles. The smallest absolute Gasteiger partial charge is 0.336 e. The Morgan fingerprint density at radius 3 is 2.24 bits per heavy atom. The molecule has 0 amide bonds. The SMILES string of the molecule is C=C(C(=O)OC)C(O)c1ccccc1N(C#Cc1ccccc1)S(=O)(=O)c1ccc(C)cc1. The number of aliphatic hydroxyl groups excluding tert-OH is 1. The van der Waals surface area contributed by atoms with Gasteiger partial charge in [-0.3, -0.25) is 0 Å². The van der Waals surface area contributed by atoms with E-state index >= 15 is 0 Å². The molecular formula is C26H23NO5S. The predicted molar refractivity (Wildman–Crippen MR) is 127 cm³/mol. The van der Waals surface area contributed by atoms with Crippen LogP contribution in [0.3, 0.4) is 0 Å². The minimum Gasteiger partial charge on any atom is -0.466 e. The number of ether oxygens (including phenoxy) is 1. The van der Waals surface area contributed by atoms with E-state index in [1.165, 1.54) is 31.4 Å². The number of aliphatic hydroxyl groups is 1. The fourth-order valence-corrected chi connectivity index (χ4v) is 4.32. The van der Waals surface area contributed by atoms with Gasteiger partial charge >= 0.3 is 5.97 Å². The number of esters is 1. The van der Waals surface area contributed by atoms with Crippen molar-refractivity contribution in [1.82, 2.24) is 0 Å². The number of rotatable bonds is 6. The highest BCUT2D eigenvalue weighted by Gasteiger charge is 2.29. The highest BCUT2D eigenvalue weighted by atomic mass is 32.2. The number of sulfonamides is 1. The zero-order chi connectivity index (χ0) is 24.0. The van der Waals surface area contributed by atoms with E-state index in [0.717, 1.165) is 9.87 Å². The van der Waals surface area contributed by atoms with Crippen LogP contribution in [0.5, 0.6) is 0 Å². The lowest BCUT2D eigenvalue weighted by atomic mass is 10.0. The first-order chi connectivity index (χ1) is 15.8. The first-order valence-corrected chi connectivity index (χ1v) is 11.4. The predicted octanol–water partition coefficient (Wildman–Crippen LogP) is 3.96. The van der Waals surface area contributed by atoms with Crippen molar-refractivity contribution >= 4 is 21.7 Å². The fraction of sp³-hybridized carbons (Fsp3) is 0.115. The van der Waals surface area contributed by atoms with E-state index in [1.54, 1.807) is 48.5 Å². The van der Waals surface area contributed by atoms with E-state index in [0.29, 0.717) is 5.56 Å². The normalized spacial score (nSPS) is 11.6. The lowest BCUT2D eigenvalue weighted by Crippen LogP contribution is -2.28. The fourth-order valence-electron chi connectivity index (χ4n) is 3.04.